The molecule has 0 aliphatic carbocycles. The number of halogens is 3. The molecular formula is C14H20F3NO. The zero-order valence-corrected chi connectivity index (χ0v) is 11.4. The summed E-state index contributed by atoms with van der Waals surface area (Å²) in [5.41, 5.74) is 0.0306. The highest BCUT2D eigenvalue weighted by Gasteiger charge is 2.30. The SMILES string of the molecule is COCC(C)CNC(C)c1cccc(C(F)(F)F)c1. The topological polar surface area (TPSA) is 21.3 Å². The zero-order chi connectivity index (χ0) is 14.5. The van der Waals surface area contributed by atoms with Crippen LogP contribution in [0.25, 0.3) is 0 Å². The van der Waals surface area contributed by atoms with E-state index in [4.69, 9.17) is 4.74 Å². The molecule has 0 amide bonds. The van der Waals surface area contributed by atoms with Crippen molar-refractivity contribution in [2.45, 2.75) is 26.1 Å². The molecule has 0 radical (unpaired) electrons. The highest BCUT2D eigenvalue weighted by atomic mass is 19.4. The van der Waals surface area contributed by atoms with Gasteiger partial charge in [0, 0.05) is 26.3 Å². The molecule has 1 aromatic rings. The Morgan fingerprint density at radius 2 is 1.95 bits per heavy atom. The average molecular weight is 275 g/mol. The minimum Gasteiger partial charge on any atom is -0.384 e. The normalized spacial score (nSPS) is 15.3. The standard InChI is InChI=1S/C14H20F3NO/c1-10(9-19-3)8-18-11(2)12-5-4-6-13(7-12)14(15,16)17/h4-7,10-11,18H,8-9H2,1-3H3. The number of hydrogen-bond acceptors (Lipinski definition) is 2. The summed E-state index contributed by atoms with van der Waals surface area (Å²) in [5, 5.41) is 3.21. The third kappa shape index (κ3) is 5.20. The fourth-order valence-corrected chi connectivity index (χ4v) is 1.82. The van der Waals surface area contributed by atoms with Crippen LogP contribution in [0, 0.1) is 5.92 Å². The fourth-order valence-electron chi connectivity index (χ4n) is 1.82. The van der Waals surface area contributed by atoms with Gasteiger partial charge < -0.3 is 10.1 Å². The van der Waals surface area contributed by atoms with Crippen molar-refractivity contribution in [2.75, 3.05) is 20.3 Å². The lowest BCUT2D eigenvalue weighted by molar-refractivity contribution is -0.137. The van der Waals surface area contributed by atoms with Gasteiger partial charge in [0.05, 0.1) is 5.56 Å². The average Bonchev–Trinajstić information content (AvgIpc) is 2.35. The molecule has 5 heteroatoms. The summed E-state index contributed by atoms with van der Waals surface area (Å²) >= 11 is 0. The van der Waals surface area contributed by atoms with E-state index in [0.717, 1.165) is 6.07 Å². The van der Waals surface area contributed by atoms with Crippen LogP contribution < -0.4 is 5.32 Å². The van der Waals surface area contributed by atoms with E-state index in [2.05, 4.69) is 5.32 Å². The second kappa shape index (κ2) is 6.91. The lowest BCUT2D eigenvalue weighted by atomic mass is 10.0. The van der Waals surface area contributed by atoms with Crippen molar-refractivity contribution in [3.63, 3.8) is 0 Å². The van der Waals surface area contributed by atoms with Crippen LogP contribution in [0.5, 0.6) is 0 Å². The molecule has 0 fully saturated rings. The maximum Gasteiger partial charge on any atom is 0.416 e. The van der Waals surface area contributed by atoms with E-state index >= 15 is 0 Å². The third-order valence-electron chi connectivity index (χ3n) is 2.94. The number of ether oxygens (including phenoxy) is 1. The van der Waals surface area contributed by atoms with Gasteiger partial charge in [0.1, 0.15) is 0 Å². The van der Waals surface area contributed by atoms with E-state index in [1.165, 1.54) is 12.1 Å². The molecule has 2 unspecified atom stereocenters. The molecule has 0 spiro atoms. The Hall–Kier alpha value is -1.07. The largest absolute Gasteiger partial charge is 0.416 e. The molecule has 0 saturated heterocycles. The monoisotopic (exact) mass is 275 g/mol. The quantitative estimate of drug-likeness (QED) is 0.856. The predicted molar refractivity (Wildman–Crippen MR) is 68.9 cm³/mol. The first-order valence-electron chi connectivity index (χ1n) is 6.24. The first kappa shape index (κ1) is 16.0. The number of nitrogens with one attached hydrogen (secondary N) is 1. The molecule has 1 aromatic carbocycles. The number of hydrogen-bond donors (Lipinski definition) is 1. The van der Waals surface area contributed by atoms with Gasteiger partial charge in [0.2, 0.25) is 0 Å². The van der Waals surface area contributed by atoms with E-state index in [0.29, 0.717) is 24.6 Å². The summed E-state index contributed by atoms with van der Waals surface area (Å²) in [6.07, 6.45) is -4.29. The summed E-state index contributed by atoms with van der Waals surface area (Å²) < 4.78 is 42.8. The van der Waals surface area contributed by atoms with Crippen LogP contribution in [0.3, 0.4) is 0 Å². The maximum atomic E-state index is 12.6. The van der Waals surface area contributed by atoms with E-state index < -0.39 is 11.7 Å². The van der Waals surface area contributed by atoms with Crippen LogP contribution >= 0.6 is 0 Å². The Kier molecular flexibility index (Phi) is 5.82. The summed E-state index contributed by atoms with van der Waals surface area (Å²) in [4.78, 5) is 0. The summed E-state index contributed by atoms with van der Waals surface area (Å²) in [6, 6.07) is 5.30. The summed E-state index contributed by atoms with van der Waals surface area (Å²) in [5.74, 6) is 0.318. The molecule has 1 rings (SSSR count). The Bertz CT molecular complexity index is 393. The van der Waals surface area contributed by atoms with E-state index in [-0.39, 0.29) is 6.04 Å². The molecule has 0 aromatic heterocycles. The van der Waals surface area contributed by atoms with Gasteiger partial charge in [-0.25, -0.2) is 0 Å². The van der Waals surface area contributed by atoms with Gasteiger partial charge in [-0.1, -0.05) is 19.1 Å². The van der Waals surface area contributed by atoms with E-state index in [1.54, 1.807) is 13.2 Å². The van der Waals surface area contributed by atoms with Crippen molar-refractivity contribution in [2.24, 2.45) is 5.92 Å². The first-order valence-corrected chi connectivity index (χ1v) is 6.24. The van der Waals surface area contributed by atoms with Gasteiger partial charge in [-0.3, -0.25) is 0 Å². The van der Waals surface area contributed by atoms with Crippen LogP contribution in [-0.4, -0.2) is 20.3 Å². The lowest BCUT2D eigenvalue weighted by Gasteiger charge is -2.18. The number of methoxy groups -OCH3 is 1. The molecule has 108 valence electrons. The second-order valence-corrected chi connectivity index (χ2v) is 4.81. The van der Waals surface area contributed by atoms with Crippen LogP contribution in [0.1, 0.15) is 31.0 Å². The Labute approximate surface area is 112 Å². The fraction of sp³-hybridized carbons (Fsp3) is 0.571. The van der Waals surface area contributed by atoms with Gasteiger partial charge in [0.25, 0.3) is 0 Å². The van der Waals surface area contributed by atoms with Crippen molar-refractivity contribution in [1.29, 1.82) is 0 Å². The van der Waals surface area contributed by atoms with Gasteiger partial charge >= 0.3 is 6.18 Å². The minimum atomic E-state index is -4.29. The summed E-state index contributed by atoms with van der Waals surface area (Å²) in [7, 11) is 1.63. The Morgan fingerprint density at radius 1 is 1.26 bits per heavy atom. The van der Waals surface area contributed by atoms with Crippen molar-refractivity contribution >= 4 is 0 Å². The van der Waals surface area contributed by atoms with Crippen molar-refractivity contribution in [1.82, 2.24) is 5.32 Å². The van der Waals surface area contributed by atoms with Gasteiger partial charge in [-0.2, -0.15) is 13.2 Å². The van der Waals surface area contributed by atoms with Gasteiger partial charge in [0.15, 0.2) is 0 Å². The number of alkyl halides is 3. The summed E-state index contributed by atoms with van der Waals surface area (Å²) in [6.45, 7) is 5.21. The van der Waals surface area contributed by atoms with Crippen molar-refractivity contribution in [3.8, 4) is 0 Å². The zero-order valence-electron chi connectivity index (χ0n) is 11.4. The highest BCUT2D eigenvalue weighted by molar-refractivity contribution is 5.27. The van der Waals surface area contributed by atoms with Gasteiger partial charge in [-0.15, -0.1) is 0 Å². The first-order chi connectivity index (χ1) is 8.84. The molecular weight excluding hydrogens is 255 g/mol. The van der Waals surface area contributed by atoms with Gasteiger partial charge in [-0.05, 0) is 30.5 Å². The molecule has 1 N–H and O–H groups in total. The van der Waals surface area contributed by atoms with Crippen LogP contribution in [0.2, 0.25) is 0 Å². The second-order valence-electron chi connectivity index (χ2n) is 4.81. The molecule has 2 nitrogen and oxygen atoms in total. The van der Waals surface area contributed by atoms with E-state index in [1.807, 2.05) is 13.8 Å². The highest BCUT2D eigenvalue weighted by Crippen LogP contribution is 2.30. The molecule has 2 atom stereocenters. The molecule has 0 bridgehead atoms. The van der Waals surface area contributed by atoms with Crippen molar-refractivity contribution < 1.29 is 17.9 Å². The van der Waals surface area contributed by atoms with Crippen LogP contribution in [-0.2, 0) is 10.9 Å². The van der Waals surface area contributed by atoms with Crippen LogP contribution in [0.15, 0.2) is 24.3 Å². The molecule has 19 heavy (non-hydrogen) atoms. The van der Waals surface area contributed by atoms with E-state index in [9.17, 15) is 13.2 Å². The molecule has 0 aliphatic rings. The van der Waals surface area contributed by atoms with Crippen molar-refractivity contribution in [3.05, 3.63) is 35.4 Å². The predicted octanol–water partition coefficient (Wildman–Crippen LogP) is 3.64. The van der Waals surface area contributed by atoms with Crippen LogP contribution in [0.4, 0.5) is 13.2 Å². The smallest absolute Gasteiger partial charge is 0.384 e. The number of benzene rings is 1. The minimum absolute atomic E-state index is 0.124. The Morgan fingerprint density at radius 3 is 2.53 bits per heavy atom. The molecule has 0 aliphatic heterocycles. The Balaban J connectivity index is 2.64. The number of rotatable bonds is 6. The maximum absolute atomic E-state index is 12.6. The molecule has 0 heterocycles. The molecule has 0 saturated carbocycles. The third-order valence-corrected chi connectivity index (χ3v) is 2.94. The lowest BCUT2D eigenvalue weighted by Crippen LogP contribution is -2.26.